The number of nitrogens with zero attached hydrogens (tertiary/aromatic N) is 2. The highest BCUT2D eigenvalue weighted by Gasteiger charge is 2.17. The summed E-state index contributed by atoms with van der Waals surface area (Å²) in [5.41, 5.74) is 9.39. The van der Waals surface area contributed by atoms with E-state index in [9.17, 15) is 5.11 Å². The smallest absolute Gasteiger partial charge is 0.0947 e. The van der Waals surface area contributed by atoms with Gasteiger partial charge in [0.2, 0.25) is 0 Å². The lowest BCUT2D eigenvalue weighted by molar-refractivity contribution is 0.185. The van der Waals surface area contributed by atoms with Crippen LogP contribution >= 0.6 is 0 Å². The molecule has 4 heteroatoms. The Morgan fingerprint density at radius 2 is 1.94 bits per heavy atom. The molecule has 0 aliphatic heterocycles. The Bertz CT molecular complexity index is 519. The molecule has 0 fully saturated rings. The summed E-state index contributed by atoms with van der Waals surface area (Å²) in [6.07, 6.45) is -0.630. The van der Waals surface area contributed by atoms with Crippen LogP contribution in [0.5, 0.6) is 0 Å². The normalized spacial score (nSPS) is 12.7. The highest BCUT2D eigenvalue weighted by atomic mass is 16.3. The van der Waals surface area contributed by atoms with Crippen LogP contribution < -0.4 is 5.73 Å². The zero-order valence-electron chi connectivity index (χ0n) is 10.8. The molecule has 96 valence electrons. The van der Waals surface area contributed by atoms with E-state index in [1.165, 1.54) is 5.56 Å². The van der Waals surface area contributed by atoms with Crippen molar-refractivity contribution in [1.29, 1.82) is 0 Å². The second-order valence-electron chi connectivity index (χ2n) is 4.48. The van der Waals surface area contributed by atoms with Crippen LogP contribution in [0.2, 0.25) is 0 Å². The SMILES string of the molecule is Cc1nn(Cc2ccccc2)c(C)c1[C@H](O)CN. The lowest BCUT2D eigenvalue weighted by Gasteiger charge is -2.09. The predicted molar refractivity (Wildman–Crippen MR) is 71.3 cm³/mol. The first-order chi connectivity index (χ1) is 8.63. The molecule has 0 radical (unpaired) electrons. The van der Waals surface area contributed by atoms with Gasteiger partial charge in [0.05, 0.1) is 18.3 Å². The third-order valence-corrected chi connectivity index (χ3v) is 3.17. The lowest BCUT2D eigenvalue weighted by Crippen LogP contribution is -2.13. The van der Waals surface area contributed by atoms with E-state index in [4.69, 9.17) is 5.73 Å². The fourth-order valence-electron chi connectivity index (χ4n) is 2.22. The Morgan fingerprint density at radius 3 is 2.56 bits per heavy atom. The molecule has 0 aliphatic carbocycles. The van der Waals surface area contributed by atoms with E-state index in [1.54, 1.807) is 0 Å². The summed E-state index contributed by atoms with van der Waals surface area (Å²) in [6, 6.07) is 10.1. The number of aliphatic hydroxyl groups excluding tert-OH is 1. The third kappa shape index (κ3) is 2.44. The summed E-state index contributed by atoms with van der Waals surface area (Å²) in [5, 5.41) is 14.4. The van der Waals surface area contributed by atoms with Crippen molar-refractivity contribution in [3.8, 4) is 0 Å². The molecule has 1 atom stereocenters. The van der Waals surface area contributed by atoms with Gasteiger partial charge in [0, 0.05) is 17.8 Å². The summed E-state index contributed by atoms with van der Waals surface area (Å²) in [6.45, 7) is 4.81. The molecule has 4 nitrogen and oxygen atoms in total. The molecule has 0 bridgehead atoms. The van der Waals surface area contributed by atoms with Gasteiger partial charge in [0.25, 0.3) is 0 Å². The van der Waals surface area contributed by atoms with Crippen molar-refractivity contribution in [2.45, 2.75) is 26.5 Å². The molecule has 3 N–H and O–H groups in total. The third-order valence-electron chi connectivity index (χ3n) is 3.17. The molecular weight excluding hydrogens is 226 g/mol. The summed E-state index contributed by atoms with van der Waals surface area (Å²) in [7, 11) is 0. The first-order valence-corrected chi connectivity index (χ1v) is 6.09. The molecule has 0 spiro atoms. The fraction of sp³-hybridized carbons (Fsp3) is 0.357. The number of aryl methyl sites for hydroxylation is 1. The van der Waals surface area contributed by atoms with Crippen LogP contribution in [-0.4, -0.2) is 21.4 Å². The van der Waals surface area contributed by atoms with Crippen molar-refractivity contribution in [2.75, 3.05) is 6.54 Å². The minimum absolute atomic E-state index is 0.221. The van der Waals surface area contributed by atoms with E-state index >= 15 is 0 Å². The van der Waals surface area contributed by atoms with E-state index in [-0.39, 0.29) is 6.54 Å². The zero-order chi connectivity index (χ0) is 13.1. The van der Waals surface area contributed by atoms with Gasteiger partial charge in [-0.1, -0.05) is 30.3 Å². The Morgan fingerprint density at radius 1 is 1.28 bits per heavy atom. The maximum absolute atomic E-state index is 9.89. The van der Waals surface area contributed by atoms with Gasteiger partial charge in [0.1, 0.15) is 0 Å². The second-order valence-corrected chi connectivity index (χ2v) is 4.48. The molecule has 2 rings (SSSR count). The van der Waals surface area contributed by atoms with E-state index < -0.39 is 6.10 Å². The molecule has 1 heterocycles. The van der Waals surface area contributed by atoms with Crippen molar-refractivity contribution in [3.63, 3.8) is 0 Å². The Kier molecular flexibility index (Phi) is 3.79. The van der Waals surface area contributed by atoms with Crippen LogP contribution in [-0.2, 0) is 6.54 Å². The van der Waals surface area contributed by atoms with Crippen molar-refractivity contribution >= 4 is 0 Å². The maximum atomic E-state index is 9.89. The summed E-state index contributed by atoms with van der Waals surface area (Å²) in [4.78, 5) is 0. The van der Waals surface area contributed by atoms with Gasteiger partial charge in [0.15, 0.2) is 0 Å². The lowest BCUT2D eigenvalue weighted by atomic mass is 10.1. The van der Waals surface area contributed by atoms with Crippen molar-refractivity contribution in [1.82, 2.24) is 9.78 Å². The summed E-state index contributed by atoms with van der Waals surface area (Å²) < 4.78 is 1.92. The quantitative estimate of drug-likeness (QED) is 0.858. The molecule has 18 heavy (non-hydrogen) atoms. The number of aromatic nitrogens is 2. The van der Waals surface area contributed by atoms with Crippen LogP contribution in [0.15, 0.2) is 30.3 Å². The Hall–Kier alpha value is -1.65. The van der Waals surface area contributed by atoms with E-state index in [0.29, 0.717) is 6.54 Å². The molecule has 2 aromatic rings. The first-order valence-electron chi connectivity index (χ1n) is 6.09. The number of rotatable bonds is 4. The van der Waals surface area contributed by atoms with Crippen molar-refractivity contribution < 1.29 is 5.11 Å². The van der Waals surface area contributed by atoms with Gasteiger partial charge >= 0.3 is 0 Å². The average Bonchev–Trinajstić information content (AvgIpc) is 2.65. The minimum atomic E-state index is -0.630. The monoisotopic (exact) mass is 245 g/mol. The number of aliphatic hydroxyl groups is 1. The fourth-order valence-corrected chi connectivity index (χ4v) is 2.22. The Balaban J connectivity index is 2.30. The summed E-state index contributed by atoms with van der Waals surface area (Å²) in [5.74, 6) is 0. The molecule has 1 aromatic heterocycles. The number of hydrogen-bond donors (Lipinski definition) is 2. The van der Waals surface area contributed by atoms with Crippen molar-refractivity contribution in [3.05, 3.63) is 52.8 Å². The number of hydrogen-bond acceptors (Lipinski definition) is 3. The minimum Gasteiger partial charge on any atom is -0.387 e. The Labute approximate surface area is 107 Å². The molecule has 0 aliphatic rings. The highest BCUT2D eigenvalue weighted by molar-refractivity contribution is 5.28. The van der Waals surface area contributed by atoms with E-state index in [2.05, 4.69) is 17.2 Å². The standard InChI is InChI=1S/C14H19N3O/c1-10-14(13(18)8-15)11(2)17(16-10)9-12-6-4-3-5-7-12/h3-7,13,18H,8-9,15H2,1-2H3/t13-/m1/s1. The predicted octanol–water partition coefficient (Wildman–Crippen LogP) is 1.54. The van der Waals surface area contributed by atoms with Crippen LogP contribution in [0.1, 0.15) is 28.6 Å². The van der Waals surface area contributed by atoms with E-state index in [1.807, 2.05) is 36.7 Å². The average molecular weight is 245 g/mol. The maximum Gasteiger partial charge on any atom is 0.0947 e. The molecule has 0 saturated carbocycles. The van der Waals surface area contributed by atoms with Gasteiger partial charge in [-0.3, -0.25) is 4.68 Å². The summed E-state index contributed by atoms with van der Waals surface area (Å²) >= 11 is 0. The van der Waals surface area contributed by atoms with Crippen LogP contribution in [0, 0.1) is 13.8 Å². The van der Waals surface area contributed by atoms with Gasteiger partial charge in [-0.05, 0) is 19.4 Å². The van der Waals surface area contributed by atoms with Gasteiger partial charge in [-0.25, -0.2) is 0 Å². The molecular formula is C14H19N3O. The largest absolute Gasteiger partial charge is 0.387 e. The molecule has 1 aromatic carbocycles. The topological polar surface area (TPSA) is 64.1 Å². The van der Waals surface area contributed by atoms with Crippen LogP contribution in [0.4, 0.5) is 0 Å². The first kappa shape index (κ1) is 12.8. The number of nitrogens with two attached hydrogens (primary N) is 1. The van der Waals surface area contributed by atoms with E-state index in [0.717, 1.165) is 17.0 Å². The molecule has 0 unspecified atom stereocenters. The van der Waals surface area contributed by atoms with Crippen molar-refractivity contribution in [2.24, 2.45) is 5.73 Å². The van der Waals surface area contributed by atoms with Crippen LogP contribution in [0.25, 0.3) is 0 Å². The molecule has 0 saturated heterocycles. The second kappa shape index (κ2) is 5.33. The van der Waals surface area contributed by atoms with Gasteiger partial charge < -0.3 is 10.8 Å². The van der Waals surface area contributed by atoms with Gasteiger partial charge in [-0.15, -0.1) is 0 Å². The number of benzene rings is 1. The van der Waals surface area contributed by atoms with Gasteiger partial charge in [-0.2, -0.15) is 5.10 Å². The molecule has 0 amide bonds. The zero-order valence-corrected chi connectivity index (χ0v) is 10.8. The highest BCUT2D eigenvalue weighted by Crippen LogP contribution is 2.21. The van der Waals surface area contributed by atoms with Crippen LogP contribution in [0.3, 0.4) is 0 Å².